The minimum atomic E-state index is 0.191. The van der Waals surface area contributed by atoms with Crippen molar-refractivity contribution in [1.29, 1.82) is 0 Å². The number of benzene rings is 1. The predicted molar refractivity (Wildman–Crippen MR) is 73.6 cm³/mol. The largest absolute Gasteiger partial charge is 0.437 e. The van der Waals surface area contributed by atoms with E-state index in [-0.39, 0.29) is 16.7 Å². The third kappa shape index (κ3) is 2.97. The normalized spacial score (nSPS) is 10.2. The van der Waals surface area contributed by atoms with E-state index in [9.17, 15) is 0 Å². The molecule has 0 saturated heterocycles. The Bertz CT molecular complexity index is 577. The van der Waals surface area contributed by atoms with Gasteiger partial charge < -0.3 is 10.2 Å². The lowest BCUT2D eigenvalue weighted by Crippen LogP contribution is -2.09. The Morgan fingerprint density at radius 1 is 1.11 bits per heavy atom. The summed E-state index contributed by atoms with van der Waals surface area (Å²) in [6.45, 7) is 0. The van der Waals surface area contributed by atoms with Crippen molar-refractivity contribution in [3.8, 4) is 11.6 Å². The number of hydrogen-bond donors (Lipinski definition) is 2. The van der Waals surface area contributed by atoms with Crippen LogP contribution >= 0.6 is 34.8 Å². The second kappa shape index (κ2) is 5.63. The van der Waals surface area contributed by atoms with Crippen LogP contribution in [0.5, 0.6) is 11.6 Å². The molecule has 18 heavy (non-hydrogen) atoms. The van der Waals surface area contributed by atoms with Gasteiger partial charge in [-0.2, -0.15) is 4.98 Å². The number of hydrazine groups is 1. The highest BCUT2D eigenvalue weighted by atomic mass is 35.5. The quantitative estimate of drug-likeness (QED) is 0.661. The average Bonchev–Trinajstić information content (AvgIpc) is 2.33. The minimum Gasteiger partial charge on any atom is -0.437 e. The summed E-state index contributed by atoms with van der Waals surface area (Å²) in [6, 6.07) is 8.35. The van der Waals surface area contributed by atoms with E-state index in [4.69, 9.17) is 45.4 Å². The molecule has 0 aliphatic heterocycles. The first-order chi connectivity index (χ1) is 8.60. The zero-order valence-electron chi connectivity index (χ0n) is 8.95. The lowest BCUT2D eigenvalue weighted by Gasteiger charge is -2.09. The van der Waals surface area contributed by atoms with Gasteiger partial charge in [0.15, 0.2) is 5.82 Å². The molecule has 2 aromatic rings. The van der Waals surface area contributed by atoms with E-state index >= 15 is 0 Å². The van der Waals surface area contributed by atoms with Gasteiger partial charge in [0.05, 0.1) is 5.02 Å². The van der Waals surface area contributed by atoms with Crippen LogP contribution in [0.15, 0.2) is 30.3 Å². The van der Waals surface area contributed by atoms with Crippen LogP contribution in [0.3, 0.4) is 0 Å². The molecule has 0 spiro atoms. The molecule has 0 atom stereocenters. The van der Waals surface area contributed by atoms with E-state index in [0.717, 1.165) is 0 Å². The summed E-state index contributed by atoms with van der Waals surface area (Å²) in [6.07, 6.45) is 0. The van der Waals surface area contributed by atoms with Crippen molar-refractivity contribution in [2.24, 2.45) is 5.84 Å². The maximum atomic E-state index is 5.97. The Labute approximate surface area is 119 Å². The van der Waals surface area contributed by atoms with Gasteiger partial charge in [0.2, 0.25) is 5.88 Å². The molecular formula is C11H8Cl3N3O. The molecule has 0 amide bonds. The van der Waals surface area contributed by atoms with Crippen molar-refractivity contribution < 1.29 is 4.74 Å². The number of hydrogen-bond acceptors (Lipinski definition) is 4. The first-order valence-corrected chi connectivity index (χ1v) is 5.99. The van der Waals surface area contributed by atoms with Gasteiger partial charge in [-0.25, -0.2) is 5.84 Å². The van der Waals surface area contributed by atoms with Gasteiger partial charge >= 0.3 is 0 Å². The zero-order chi connectivity index (χ0) is 13.1. The number of nitrogens with zero attached hydrogens (tertiary/aromatic N) is 1. The topological polar surface area (TPSA) is 60.2 Å². The molecule has 4 nitrogen and oxygen atoms in total. The van der Waals surface area contributed by atoms with Crippen molar-refractivity contribution in [1.82, 2.24) is 4.98 Å². The summed E-state index contributed by atoms with van der Waals surface area (Å²) in [5.74, 6) is 6.25. The molecule has 94 valence electrons. The fourth-order valence-corrected chi connectivity index (χ4v) is 1.90. The van der Waals surface area contributed by atoms with Crippen LogP contribution in [0.25, 0.3) is 0 Å². The molecule has 1 aromatic heterocycles. The SMILES string of the molecule is NNc1nc(Oc2cccc(Cl)c2)c(Cl)cc1Cl. The number of aromatic nitrogens is 1. The van der Waals surface area contributed by atoms with E-state index in [1.54, 1.807) is 24.3 Å². The molecule has 0 aliphatic rings. The second-order valence-electron chi connectivity index (χ2n) is 3.31. The Morgan fingerprint density at radius 3 is 2.56 bits per heavy atom. The smallest absolute Gasteiger partial charge is 0.240 e. The van der Waals surface area contributed by atoms with E-state index in [0.29, 0.717) is 15.8 Å². The van der Waals surface area contributed by atoms with Crippen molar-refractivity contribution in [2.75, 3.05) is 5.43 Å². The number of nitrogen functional groups attached to an aromatic ring is 1. The Kier molecular flexibility index (Phi) is 4.14. The molecule has 0 aliphatic carbocycles. The molecule has 0 radical (unpaired) electrons. The molecule has 1 aromatic carbocycles. The summed E-state index contributed by atoms with van der Waals surface area (Å²) in [5.41, 5.74) is 2.35. The summed E-state index contributed by atoms with van der Waals surface area (Å²) in [4.78, 5) is 4.05. The lowest BCUT2D eigenvalue weighted by molar-refractivity contribution is 0.464. The number of anilines is 1. The highest BCUT2D eigenvalue weighted by Gasteiger charge is 2.10. The Hall–Kier alpha value is -1.20. The molecule has 2 rings (SSSR count). The van der Waals surface area contributed by atoms with E-state index in [1.165, 1.54) is 6.07 Å². The Morgan fingerprint density at radius 2 is 1.89 bits per heavy atom. The first kappa shape index (κ1) is 13.2. The minimum absolute atomic E-state index is 0.191. The highest BCUT2D eigenvalue weighted by Crippen LogP contribution is 2.33. The zero-order valence-corrected chi connectivity index (χ0v) is 11.2. The third-order valence-corrected chi connectivity index (χ3v) is 2.84. The lowest BCUT2D eigenvalue weighted by atomic mass is 10.3. The molecule has 3 N–H and O–H groups in total. The summed E-state index contributed by atoms with van der Waals surface area (Å²) < 4.78 is 5.51. The molecule has 0 fully saturated rings. The van der Waals surface area contributed by atoms with Gasteiger partial charge in [-0.3, -0.25) is 0 Å². The fourth-order valence-electron chi connectivity index (χ4n) is 1.26. The van der Waals surface area contributed by atoms with Crippen molar-refractivity contribution in [3.05, 3.63) is 45.4 Å². The number of halogens is 3. The number of ether oxygens (including phenoxy) is 1. The molecule has 0 bridgehead atoms. The molecular weight excluding hydrogens is 296 g/mol. The van der Waals surface area contributed by atoms with Crippen LogP contribution in [0.4, 0.5) is 5.82 Å². The first-order valence-electron chi connectivity index (χ1n) is 4.86. The van der Waals surface area contributed by atoms with Crippen LogP contribution in [-0.2, 0) is 0 Å². The van der Waals surface area contributed by atoms with Gasteiger partial charge in [-0.15, -0.1) is 0 Å². The second-order valence-corrected chi connectivity index (χ2v) is 4.56. The predicted octanol–water partition coefficient (Wildman–Crippen LogP) is 4.12. The molecule has 0 unspecified atom stereocenters. The van der Waals surface area contributed by atoms with Gasteiger partial charge in [0.1, 0.15) is 10.8 Å². The van der Waals surface area contributed by atoms with Crippen LogP contribution in [0, 0.1) is 0 Å². The number of pyridine rings is 1. The fraction of sp³-hybridized carbons (Fsp3) is 0. The number of nitrogens with two attached hydrogens (primary N) is 1. The third-order valence-electron chi connectivity index (χ3n) is 2.04. The van der Waals surface area contributed by atoms with Gasteiger partial charge in [0.25, 0.3) is 0 Å². The van der Waals surface area contributed by atoms with Crippen LogP contribution in [-0.4, -0.2) is 4.98 Å². The van der Waals surface area contributed by atoms with Gasteiger partial charge in [0, 0.05) is 5.02 Å². The average molecular weight is 305 g/mol. The number of rotatable bonds is 3. The van der Waals surface area contributed by atoms with Crippen molar-refractivity contribution in [3.63, 3.8) is 0 Å². The number of nitrogens with one attached hydrogen (secondary N) is 1. The maximum absolute atomic E-state index is 5.97. The van der Waals surface area contributed by atoms with Crippen LogP contribution < -0.4 is 16.0 Å². The molecule has 0 saturated carbocycles. The van der Waals surface area contributed by atoms with Gasteiger partial charge in [-0.05, 0) is 24.3 Å². The molecule has 1 heterocycles. The maximum Gasteiger partial charge on any atom is 0.240 e. The van der Waals surface area contributed by atoms with E-state index in [2.05, 4.69) is 10.4 Å². The summed E-state index contributed by atoms with van der Waals surface area (Å²) in [5, 5.41) is 1.13. The van der Waals surface area contributed by atoms with E-state index < -0.39 is 0 Å². The monoisotopic (exact) mass is 303 g/mol. The van der Waals surface area contributed by atoms with E-state index in [1.807, 2.05) is 0 Å². The van der Waals surface area contributed by atoms with Crippen molar-refractivity contribution in [2.45, 2.75) is 0 Å². The van der Waals surface area contributed by atoms with Crippen LogP contribution in [0.2, 0.25) is 15.1 Å². The van der Waals surface area contributed by atoms with Crippen molar-refractivity contribution >= 4 is 40.6 Å². The van der Waals surface area contributed by atoms with Gasteiger partial charge in [-0.1, -0.05) is 40.9 Å². The standard InChI is InChI=1S/C11H8Cl3N3O/c12-6-2-1-3-7(4-6)18-11-9(14)5-8(13)10(16-11)17-15/h1-5H,15H2,(H,16,17). The highest BCUT2D eigenvalue weighted by molar-refractivity contribution is 6.36. The molecule has 7 heteroatoms. The van der Waals surface area contributed by atoms with Crippen LogP contribution in [0.1, 0.15) is 0 Å². The summed E-state index contributed by atoms with van der Waals surface area (Å²) in [7, 11) is 0. The summed E-state index contributed by atoms with van der Waals surface area (Å²) >= 11 is 17.7. The Balaban J connectivity index is 2.34.